The van der Waals surface area contributed by atoms with Gasteiger partial charge in [0.1, 0.15) is 0 Å². The van der Waals surface area contributed by atoms with Crippen molar-refractivity contribution in [1.82, 2.24) is 10.3 Å². The lowest BCUT2D eigenvalue weighted by Crippen LogP contribution is -2.25. The molecule has 2 rings (SSSR count). The molecule has 5 heteroatoms. The predicted molar refractivity (Wildman–Crippen MR) is 73.5 cm³/mol. The maximum Gasteiger partial charge on any atom is 0.289 e. The van der Waals surface area contributed by atoms with Gasteiger partial charge < -0.3 is 9.73 Å². The van der Waals surface area contributed by atoms with Gasteiger partial charge in [-0.15, -0.1) is 0 Å². The summed E-state index contributed by atoms with van der Waals surface area (Å²) in [5, 5.41) is 3.52. The summed E-state index contributed by atoms with van der Waals surface area (Å²) < 4.78 is 5.25. The van der Waals surface area contributed by atoms with Crippen molar-refractivity contribution in [2.75, 3.05) is 6.54 Å². The number of nitrogens with zero attached hydrogens (tertiary/aromatic N) is 1. The summed E-state index contributed by atoms with van der Waals surface area (Å²) >= 11 is 5.81. The molecule has 4 nitrogen and oxygen atoms in total. The Morgan fingerprint density at radius 2 is 2.00 bits per heavy atom. The first kappa shape index (κ1) is 13.6. The number of benzene rings is 1. The maximum atomic E-state index is 11.9. The second-order valence-electron chi connectivity index (χ2n) is 4.28. The maximum absolute atomic E-state index is 11.9. The lowest BCUT2D eigenvalue weighted by Gasteiger charge is -2.04. The average molecular weight is 279 g/mol. The van der Waals surface area contributed by atoms with Gasteiger partial charge >= 0.3 is 0 Å². The van der Waals surface area contributed by atoms with Crippen LogP contribution in [0.15, 0.2) is 28.7 Å². The normalized spacial score (nSPS) is 10.5. The second-order valence-corrected chi connectivity index (χ2v) is 4.72. The van der Waals surface area contributed by atoms with E-state index in [9.17, 15) is 4.79 Å². The zero-order valence-electron chi connectivity index (χ0n) is 10.9. The van der Waals surface area contributed by atoms with Gasteiger partial charge in [-0.25, -0.2) is 4.98 Å². The molecule has 0 atom stereocenters. The number of carbonyl (C=O) groups excluding carboxylic acids is 1. The van der Waals surface area contributed by atoms with Crippen molar-refractivity contribution in [3.8, 4) is 0 Å². The van der Waals surface area contributed by atoms with Crippen molar-refractivity contribution >= 4 is 17.5 Å². The summed E-state index contributed by atoms with van der Waals surface area (Å²) in [4.78, 5) is 15.9. The zero-order valence-corrected chi connectivity index (χ0v) is 11.6. The van der Waals surface area contributed by atoms with Crippen LogP contribution < -0.4 is 5.32 Å². The Hall–Kier alpha value is -1.81. The lowest BCUT2D eigenvalue weighted by atomic mass is 10.1. The van der Waals surface area contributed by atoms with E-state index in [0.29, 0.717) is 23.2 Å². The smallest absolute Gasteiger partial charge is 0.289 e. The van der Waals surface area contributed by atoms with Crippen LogP contribution in [0.3, 0.4) is 0 Å². The second kappa shape index (κ2) is 5.89. The van der Waals surface area contributed by atoms with Crippen LogP contribution in [0, 0.1) is 13.8 Å². The highest BCUT2D eigenvalue weighted by atomic mass is 35.5. The molecular formula is C14H15ClN2O2. The van der Waals surface area contributed by atoms with Crippen LogP contribution in [-0.2, 0) is 6.42 Å². The van der Waals surface area contributed by atoms with E-state index in [1.807, 2.05) is 24.3 Å². The number of carbonyl (C=O) groups is 1. The van der Waals surface area contributed by atoms with Crippen molar-refractivity contribution in [2.24, 2.45) is 0 Å². The number of rotatable bonds is 4. The molecule has 0 spiro atoms. The average Bonchev–Trinajstić information content (AvgIpc) is 2.71. The molecule has 0 saturated carbocycles. The van der Waals surface area contributed by atoms with Crippen molar-refractivity contribution in [3.05, 3.63) is 52.2 Å². The number of amides is 1. The minimum absolute atomic E-state index is 0.230. The quantitative estimate of drug-likeness (QED) is 0.935. The monoisotopic (exact) mass is 278 g/mol. The van der Waals surface area contributed by atoms with Crippen LogP contribution in [0.4, 0.5) is 0 Å². The van der Waals surface area contributed by atoms with Crippen molar-refractivity contribution in [1.29, 1.82) is 0 Å². The van der Waals surface area contributed by atoms with Crippen LogP contribution >= 0.6 is 11.6 Å². The first-order valence-corrected chi connectivity index (χ1v) is 6.41. The van der Waals surface area contributed by atoms with Gasteiger partial charge in [-0.1, -0.05) is 23.7 Å². The molecule has 100 valence electrons. The van der Waals surface area contributed by atoms with Gasteiger partial charge in [0.2, 0.25) is 5.76 Å². The standard InChI is InChI=1S/C14H15ClN2O2/c1-9-13(19-10(2)17-9)14(18)16-8-7-11-3-5-12(15)6-4-11/h3-6H,7-8H2,1-2H3,(H,16,18). The Labute approximate surface area is 116 Å². The molecule has 19 heavy (non-hydrogen) atoms. The SMILES string of the molecule is Cc1nc(C)c(C(=O)NCCc2ccc(Cl)cc2)o1. The van der Waals surface area contributed by atoms with Gasteiger partial charge in [-0.3, -0.25) is 4.79 Å². The molecular weight excluding hydrogens is 264 g/mol. The molecule has 1 heterocycles. The molecule has 1 amide bonds. The first-order chi connectivity index (χ1) is 9.06. The van der Waals surface area contributed by atoms with E-state index in [1.165, 1.54) is 0 Å². The molecule has 0 aliphatic heterocycles. The molecule has 0 aliphatic rings. The van der Waals surface area contributed by atoms with Crippen LogP contribution in [0.1, 0.15) is 27.7 Å². The van der Waals surface area contributed by atoms with E-state index >= 15 is 0 Å². The highest BCUT2D eigenvalue weighted by molar-refractivity contribution is 6.30. The summed E-state index contributed by atoms with van der Waals surface area (Å²) in [5.41, 5.74) is 1.73. The molecule has 0 radical (unpaired) electrons. The Morgan fingerprint density at radius 3 is 2.58 bits per heavy atom. The molecule has 0 bridgehead atoms. The van der Waals surface area contributed by atoms with E-state index in [0.717, 1.165) is 12.0 Å². The molecule has 2 aromatic rings. The van der Waals surface area contributed by atoms with Crippen molar-refractivity contribution in [2.45, 2.75) is 20.3 Å². The van der Waals surface area contributed by atoms with E-state index < -0.39 is 0 Å². The largest absolute Gasteiger partial charge is 0.436 e. The summed E-state index contributed by atoms with van der Waals surface area (Å²) in [6.45, 7) is 4.02. The number of aryl methyl sites for hydroxylation is 2. The van der Waals surface area contributed by atoms with Crippen LogP contribution in [0.25, 0.3) is 0 Å². The number of hydrogen-bond acceptors (Lipinski definition) is 3. The highest BCUT2D eigenvalue weighted by Gasteiger charge is 2.14. The molecule has 1 N–H and O–H groups in total. The predicted octanol–water partition coefficient (Wildman–Crippen LogP) is 2.92. The van der Waals surface area contributed by atoms with Gasteiger partial charge in [0.05, 0.1) is 5.69 Å². The number of aromatic nitrogens is 1. The topological polar surface area (TPSA) is 55.1 Å². The van der Waals surface area contributed by atoms with E-state index in [2.05, 4.69) is 10.3 Å². The Kier molecular flexibility index (Phi) is 4.22. The summed E-state index contributed by atoms with van der Waals surface area (Å²) in [7, 11) is 0. The van der Waals surface area contributed by atoms with Gasteiger partial charge in [-0.2, -0.15) is 0 Å². The number of oxazole rings is 1. The number of nitrogens with one attached hydrogen (secondary N) is 1. The van der Waals surface area contributed by atoms with E-state index in [1.54, 1.807) is 13.8 Å². The highest BCUT2D eigenvalue weighted by Crippen LogP contribution is 2.10. The molecule has 0 saturated heterocycles. The minimum Gasteiger partial charge on any atom is -0.436 e. The summed E-state index contributed by atoms with van der Waals surface area (Å²) in [6, 6.07) is 7.56. The summed E-state index contributed by atoms with van der Waals surface area (Å²) in [5.74, 6) is 0.557. The molecule has 0 aliphatic carbocycles. The van der Waals surface area contributed by atoms with Crippen LogP contribution in [0.5, 0.6) is 0 Å². The number of halogens is 1. The van der Waals surface area contributed by atoms with Gasteiger partial charge in [0.15, 0.2) is 5.89 Å². The third kappa shape index (κ3) is 3.58. The summed E-state index contributed by atoms with van der Waals surface area (Å²) in [6.07, 6.45) is 0.745. The fourth-order valence-electron chi connectivity index (χ4n) is 1.79. The molecule has 1 aromatic carbocycles. The lowest BCUT2D eigenvalue weighted by molar-refractivity contribution is 0.0924. The van der Waals surface area contributed by atoms with Crippen molar-refractivity contribution < 1.29 is 9.21 Å². The minimum atomic E-state index is -0.230. The third-order valence-corrected chi connectivity index (χ3v) is 2.97. The number of hydrogen-bond donors (Lipinski definition) is 1. The van der Waals surface area contributed by atoms with Crippen molar-refractivity contribution in [3.63, 3.8) is 0 Å². The third-order valence-electron chi connectivity index (χ3n) is 2.72. The Morgan fingerprint density at radius 1 is 1.32 bits per heavy atom. The Bertz CT molecular complexity index is 576. The zero-order chi connectivity index (χ0) is 13.8. The van der Waals surface area contributed by atoms with Gasteiger partial charge in [0.25, 0.3) is 5.91 Å². The van der Waals surface area contributed by atoms with E-state index in [4.69, 9.17) is 16.0 Å². The van der Waals surface area contributed by atoms with Crippen LogP contribution in [-0.4, -0.2) is 17.4 Å². The first-order valence-electron chi connectivity index (χ1n) is 6.03. The van der Waals surface area contributed by atoms with Gasteiger partial charge in [-0.05, 0) is 31.0 Å². The fourth-order valence-corrected chi connectivity index (χ4v) is 1.92. The van der Waals surface area contributed by atoms with E-state index in [-0.39, 0.29) is 11.7 Å². The molecule has 1 aromatic heterocycles. The molecule has 0 unspecified atom stereocenters. The Balaban J connectivity index is 1.87. The van der Waals surface area contributed by atoms with Crippen LogP contribution in [0.2, 0.25) is 5.02 Å². The fraction of sp³-hybridized carbons (Fsp3) is 0.286. The molecule has 0 fully saturated rings. The van der Waals surface area contributed by atoms with Gasteiger partial charge in [0, 0.05) is 18.5 Å².